The van der Waals surface area contributed by atoms with Gasteiger partial charge in [0, 0.05) is 17.5 Å². The fourth-order valence-corrected chi connectivity index (χ4v) is 2.10. The number of aryl methyl sites for hydroxylation is 1. The Morgan fingerprint density at radius 3 is 2.71 bits per heavy atom. The molecule has 0 aliphatic heterocycles. The molecule has 0 aliphatic carbocycles. The Labute approximate surface area is 128 Å². The minimum atomic E-state index is -0.325. The van der Waals surface area contributed by atoms with E-state index < -0.39 is 0 Å². The molecule has 21 heavy (non-hydrogen) atoms. The summed E-state index contributed by atoms with van der Waals surface area (Å²) in [5.41, 5.74) is 2.68. The van der Waals surface area contributed by atoms with E-state index in [4.69, 9.17) is 16.7 Å². The highest BCUT2D eigenvalue weighted by Crippen LogP contribution is 2.20. The first-order valence-corrected chi connectivity index (χ1v) is 6.98. The van der Waals surface area contributed by atoms with Crippen LogP contribution in [0.5, 0.6) is 0 Å². The number of nitrogens with zero attached hydrogens (tertiary/aromatic N) is 2. The molecule has 0 saturated heterocycles. The van der Waals surface area contributed by atoms with Crippen LogP contribution in [-0.2, 0) is 6.54 Å². The highest BCUT2D eigenvalue weighted by atomic mass is 35.5. The van der Waals surface area contributed by atoms with E-state index in [-0.39, 0.29) is 12.4 Å². The first kappa shape index (κ1) is 15.6. The van der Waals surface area contributed by atoms with Crippen molar-refractivity contribution in [2.24, 2.45) is 0 Å². The summed E-state index contributed by atoms with van der Waals surface area (Å²) in [6, 6.07) is 4.85. The van der Waals surface area contributed by atoms with Crippen LogP contribution in [0.2, 0.25) is 5.02 Å². The first-order valence-electron chi connectivity index (χ1n) is 6.60. The lowest BCUT2D eigenvalue weighted by molar-refractivity contribution is 0.305. The van der Waals surface area contributed by atoms with Crippen molar-refractivity contribution in [1.29, 1.82) is 0 Å². The van der Waals surface area contributed by atoms with Crippen LogP contribution in [0.3, 0.4) is 0 Å². The van der Waals surface area contributed by atoms with Crippen molar-refractivity contribution in [2.75, 3.05) is 6.61 Å². The third kappa shape index (κ3) is 3.63. The van der Waals surface area contributed by atoms with Gasteiger partial charge in [-0.25, -0.2) is 4.39 Å². The zero-order valence-corrected chi connectivity index (χ0v) is 12.7. The van der Waals surface area contributed by atoms with Gasteiger partial charge in [-0.15, -0.1) is 0 Å². The standard InChI is InChI=1S/C16H16ClFN2O/c1-11-16(17)12(2)20(19-11)10-14-7-6-13(9-15(14)18)5-3-4-8-21/h6-7,9,21H,4,8,10H2,1-2H3. The van der Waals surface area contributed by atoms with Crippen molar-refractivity contribution < 1.29 is 9.50 Å². The third-order valence-corrected chi connectivity index (χ3v) is 3.68. The minimum absolute atomic E-state index is 0.00620. The lowest BCUT2D eigenvalue weighted by Crippen LogP contribution is -2.06. The highest BCUT2D eigenvalue weighted by Gasteiger charge is 2.11. The number of benzene rings is 1. The van der Waals surface area contributed by atoms with Crippen molar-refractivity contribution in [1.82, 2.24) is 9.78 Å². The predicted octanol–water partition coefficient (Wildman–Crippen LogP) is 3.07. The Balaban J connectivity index is 2.22. The molecule has 0 bridgehead atoms. The quantitative estimate of drug-likeness (QED) is 0.885. The second-order valence-corrected chi connectivity index (χ2v) is 5.10. The molecule has 0 radical (unpaired) electrons. The topological polar surface area (TPSA) is 38.0 Å². The summed E-state index contributed by atoms with van der Waals surface area (Å²) in [5.74, 6) is 5.25. The van der Waals surface area contributed by atoms with Gasteiger partial charge in [-0.2, -0.15) is 5.10 Å². The molecule has 0 aliphatic rings. The normalized spacial score (nSPS) is 10.3. The fourth-order valence-electron chi connectivity index (χ4n) is 1.96. The van der Waals surface area contributed by atoms with Crippen molar-refractivity contribution >= 4 is 11.6 Å². The van der Waals surface area contributed by atoms with Gasteiger partial charge in [0.1, 0.15) is 5.82 Å². The Morgan fingerprint density at radius 1 is 1.38 bits per heavy atom. The predicted molar refractivity (Wildman–Crippen MR) is 80.8 cm³/mol. The summed E-state index contributed by atoms with van der Waals surface area (Å²) < 4.78 is 15.8. The van der Waals surface area contributed by atoms with E-state index in [1.165, 1.54) is 6.07 Å². The molecule has 0 saturated carbocycles. The Kier molecular flexibility index (Phi) is 5.00. The molecule has 110 valence electrons. The molecule has 0 fully saturated rings. The maximum atomic E-state index is 14.1. The molecule has 0 spiro atoms. The largest absolute Gasteiger partial charge is 0.395 e. The van der Waals surface area contributed by atoms with E-state index in [1.54, 1.807) is 16.8 Å². The maximum absolute atomic E-state index is 14.1. The average Bonchev–Trinajstić information content (AvgIpc) is 2.69. The summed E-state index contributed by atoms with van der Waals surface area (Å²) in [7, 11) is 0. The molecule has 0 amide bonds. The lowest BCUT2D eigenvalue weighted by Gasteiger charge is -2.06. The molecule has 1 aromatic heterocycles. The Hall–Kier alpha value is -1.83. The molecule has 0 atom stereocenters. The molecule has 1 aromatic carbocycles. The molecule has 5 heteroatoms. The molecular weight excluding hydrogens is 291 g/mol. The zero-order chi connectivity index (χ0) is 15.4. The van der Waals surface area contributed by atoms with Gasteiger partial charge in [-0.1, -0.05) is 29.5 Å². The molecular formula is C16H16ClFN2O. The van der Waals surface area contributed by atoms with Gasteiger partial charge in [-0.05, 0) is 26.0 Å². The third-order valence-electron chi connectivity index (χ3n) is 3.14. The average molecular weight is 307 g/mol. The number of aliphatic hydroxyl groups excluding tert-OH is 1. The number of hydrogen-bond donors (Lipinski definition) is 1. The fraction of sp³-hybridized carbons (Fsp3) is 0.312. The maximum Gasteiger partial charge on any atom is 0.129 e. The van der Waals surface area contributed by atoms with Crippen LogP contribution < -0.4 is 0 Å². The molecule has 1 heterocycles. The smallest absolute Gasteiger partial charge is 0.129 e. The number of halogens is 2. The Bertz CT molecular complexity index is 713. The number of rotatable bonds is 3. The summed E-state index contributed by atoms with van der Waals surface area (Å²) in [6.45, 7) is 4.01. The molecule has 3 nitrogen and oxygen atoms in total. The van der Waals surface area contributed by atoms with Crippen LogP contribution in [-0.4, -0.2) is 21.5 Å². The van der Waals surface area contributed by atoms with Gasteiger partial charge in [0.25, 0.3) is 0 Å². The van der Waals surface area contributed by atoms with Gasteiger partial charge in [0.05, 0.1) is 29.6 Å². The van der Waals surface area contributed by atoms with Crippen LogP contribution in [0.1, 0.15) is 28.9 Å². The van der Waals surface area contributed by atoms with Crippen LogP contribution in [0.25, 0.3) is 0 Å². The minimum Gasteiger partial charge on any atom is -0.395 e. The second-order valence-electron chi connectivity index (χ2n) is 4.72. The monoisotopic (exact) mass is 306 g/mol. The second kappa shape index (κ2) is 6.75. The lowest BCUT2D eigenvalue weighted by atomic mass is 10.1. The van der Waals surface area contributed by atoms with Crippen LogP contribution in [0.4, 0.5) is 4.39 Å². The number of aromatic nitrogens is 2. The van der Waals surface area contributed by atoms with E-state index in [2.05, 4.69) is 16.9 Å². The molecule has 2 rings (SSSR count). The van der Waals surface area contributed by atoms with Gasteiger partial charge in [0.2, 0.25) is 0 Å². The van der Waals surface area contributed by atoms with E-state index in [0.717, 1.165) is 11.4 Å². The zero-order valence-electron chi connectivity index (χ0n) is 12.0. The van der Waals surface area contributed by atoms with Gasteiger partial charge >= 0.3 is 0 Å². The summed E-state index contributed by atoms with van der Waals surface area (Å²) in [6.07, 6.45) is 0.383. The molecule has 2 aromatic rings. The highest BCUT2D eigenvalue weighted by molar-refractivity contribution is 6.31. The summed E-state index contributed by atoms with van der Waals surface area (Å²) >= 11 is 6.08. The van der Waals surface area contributed by atoms with E-state index in [9.17, 15) is 4.39 Å². The molecule has 1 N–H and O–H groups in total. The Morgan fingerprint density at radius 2 is 2.14 bits per heavy atom. The van der Waals surface area contributed by atoms with Crippen molar-refractivity contribution in [3.63, 3.8) is 0 Å². The first-order chi connectivity index (χ1) is 10.0. The van der Waals surface area contributed by atoms with Gasteiger partial charge < -0.3 is 5.11 Å². The van der Waals surface area contributed by atoms with E-state index >= 15 is 0 Å². The van der Waals surface area contributed by atoms with Crippen molar-refractivity contribution in [3.8, 4) is 11.8 Å². The van der Waals surface area contributed by atoms with Crippen LogP contribution >= 0.6 is 11.6 Å². The van der Waals surface area contributed by atoms with Crippen molar-refractivity contribution in [3.05, 3.63) is 51.6 Å². The van der Waals surface area contributed by atoms with Crippen LogP contribution in [0.15, 0.2) is 18.2 Å². The SMILES string of the molecule is Cc1nn(Cc2ccc(C#CCCO)cc2F)c(C)c1Cl. The number of aliphatic hydroxyl groups is 1. The summed E-state index contributed by atoms with van der Waals surface area (Å²) in [4.78, 5) is 0. The molecule has 0 unspecified atom stereocenters. The van der Waals surface area contributed by atoms with Gasteiger partial charge in [-0.3, -0.25) is 4.68 Å². The van der Waals surface area contributed by atoms with E-state index in [1.807, 2.05) is 13.8 Å². The van der Waals surface area contributed by atoms with E-state index in [0.29, 0.717) is 29.1 Å². The van der Waals surface area contributed by atoms with Crippen molar-refractivity contribution in [2.45, 2.75) is 26.8 Å². The van der Waals surface area contributed by atoms with Crippen LogP contribution in [0, 0.1) is 31.5 Å². The van der Waals surface area contributed by atoms with Gasteiger partial charge in [0.15, 0.2) is 0 Å². The number of hydrogen-bond acceptors (Lipinski definition) is 2. The summed E-state index contributed by atoms with van der Waals surface area (Å²) in [5, 5.41) is 13.6.